The fourth-order valence-electron chi connectivity index (χ4n) is 5.21. The molecule has 190 valence electrons. The predicted molar refractivity (Wildman–Crippen MR) is 140 cm³/mol. The maximum atomic E-state index is 11.9. The Labute approximate surface area is 207 Å². The lowest BCUT2D eigenvalue weighted by Gasteiger charge is -2.40. The summed E-state index contributed by atoms with van der Waals surface area (Å²) >= 11 is 0. The Morgan fingerprint density at radius 3 is 2.50 bits per heavy atom. The molecule has 5 nitrogen and oxygen atoms in total. The molecule has 1 fully saturated rings. The first-order valence-electron chi connectivity index (χ1n) is 13.2. The number of amides is 1. The smallest absolute Gasteiger partial charge is 0.303 e. The van der Waals surface area contributed by atoms with Gasteiger partial charge in [0.25, 0.3) is 0 Å². The first-order chi connectivity index (χ1) is 16.2. The van der Waals surface area contributed by atoms with Gasteiger partial charge in [-0.05, 0) is 86.6 Å². The molecular weight excluding hydrogens is 424 g/mol. The van der Waals surface area contributed by atoms with Crippen molar-refractivity contribution >= 4 is 12.4 Å². The molecule has 0 radical (unpaired) electrons. The third-order valence-corrected chi connectivity index (χ3v) is 7.53. The molecule has 1 unspecified atom stereocenters. The van der Waals surface area contributed by atoms with E-state index in [0.29, 0.717) is 24.8 Å². The lowest BCUT2D eigenvalue weighted by atomic mass is 9.72. The Morgan fingerprint density at radius 2 is 1.94 bits per heavy atom. The molecule has 0 aromatic heterocycles. The molecule has 1 amide bonds. The van der Waals surface area contributed by atoms with E-state index in [1.54, 1.807) is 4.90 Å². The van der Waals surface area contributed by atoms with Gasteiger partial charge in [-0.3, -0.25) is 9.59 Å². The summed E-state index contributed by atoms with van der Waals surface area (Å²) in [6.07, 6.45) is 12.6. The number of likely N-dealkylation sites (N-methyl/N-ethyl adjacent to an activating group) is 1. The van der Waals surface area contributed by atoms with Crippen molar-refractivity contribution in [1.82, 2.24) is 10.2 Å². The van der Waals surface area contributed by atoms with Crippen LogP contribution in [0.4, 0.5) is 0 Å². The van der Waals surface area contributed by atoms with E-state index in [2.05, 4.69) is 51.2 Å². The van der Waals surface area contributed by atoms with E-state index in [1.165, 1.54) is 47.9 Å². The van der Waals surface area contributed by atoms with Crippen molar-refractivity contribution < 1.29 is 14.7 Å². The van der Waals surface area contributed by atoms with Gasteiger partial charge in [0, 0.05) is 19.2 Å². The van der Waals surface area contributed by atoms with Gasteiger partial charge in [-0.2, -0.15) is 0 Å². The fraction of sp³-hybridized carbons (Fsp3) is 0.655. The van der Waals surface area contributed by atoms with Crippen molar-refractivity contribution in [3.8, 4) is 0 Å². The molecule has 0 spiro atoms. The van der Waals surface area contributed by atoms with Gasteiger partial charge < -0.3 is 15.3 Å². The Balaban J connectivity index is 2.46. The zero-order valence-electron chi connectivity index (χ0n) is 22.0. The predicted octanol–water partition coefficient (Wildman–Crippen LogP) is 6.06. The zero-order chi connectivity index (χ0) is 25.1. The fourth-order valence-corrected chi connectivity index (χ4v) is 5.21. The number of carbonyl (C=O) groups excluding carboxylic acids is 1. The normalized spacial score (nSPS) is 16.9. The number of carbonyl (C=O) groups is 2. The van der Waals surface area contributed by atoms with Crippen molar-refractivity contribution in [3.63, 3.8) is 0 Å². The second-order valence-corrected chi connectivity index (χ2v) is 10.4. The third-order valence-electron chi connectivity index (χ3n) is 7.53. The number of nitrogens with zero attached hydrogens (tertiary/aromatic N) is 1. The summed E-state index contributed by atoms with van der Waals surface area (Å²) in [5, 5.41) is 12.6. The van der Waals surface area contributed by atoms with Crippen molar-refractivity contribution in [2.75, 3.05) is 13.6 Å². The van der Waals surface area contributed by atoms with E-state index in [1.807, 2.05) is 13.2 Å². The average molecular weight is 471 g/mol. The number of aliphatic carboxylic acids is 1. The molecule has 1 atom stereocenters. The minimum Gasteiger partial charge on any atom is -0.481 e. The van der Waals surface area contributed by atoms with Crippen LogP contribution in [0.15, 0.2) is 30.0 Å². The number of nitrogens with one attached hydrogen (secondary N) is 1. The molecule has 0 heterocycles. The number of benzene rings is 1. The van der Waals surface area contributed by atoms with E-state index in [0.717, 1.165) is 32.1 Å². The molecule has 5 heteroatoms. The van der Waals surface area contributed by atoms with Crippen LogP contribution in [0, 0.1) is 11.8 Å². The average Bonchev–Trinajstić information content (AvgIpc) is 2.84. The van der Waals surface area contributed by atoms with E-state index < -0.39 is 11.5 Å². The second-order valence-electron chi connectivity index (χ2n) is 10.4. The number of carboxylic acids is 1. The van der Waals surface area contributed by atoms with Gasteiger partial charge in [0.15, 0.2) is 0 Å². The molecule has 0 saturated heterocycles. The van der Waals surface area contributed by atoms with E-state index in [9.17, 15) is 9.59 Å². The number of aryl methyl sites for hydroxylation is 2. The van der Waals surface area contributed by atoms with Gasteiger partial charge in [-0.15, -0.1) is 0 Å². The van der Waals surface area contributed by atoms with Crippen LogP contribution in [0.3, 0.4) is 0 Å². The van der Waals surface area contributed by atoms with E-state index >= 15 is 0 Å². The quantitative estimate of drug-likeness (QED) is 0.324. The summed E-state index contributed by atoms with van der Waals surface area (Å²) in [5.74, 6) is 0.258. The monoisotopic (exact) mass is 470 g/mol. The SMILES string of the molecule is CCc1cc(C(C)(NC)/C(=C\N(C=O)CCCC(=O)O)C2CCCCC2)ccc1CCC(C)C. The van der Waals surface area contributed by atoms with Gasteiger partial charge in [-0.25, -0.2) is 0 Å². The summed E-state index contributed by atoms with van der Waals surface area (Å²) in [4.78, 5) is 24.6. The molecule has 34 heavy (non-hydrogen) atoms. The van der Waals surface area contributed by atoms with Crippen LogP contribution in [0.2, 0.25) is 0 Å². The zero-order valence-corrected chi connectivity index (χ0v) is 22.0. The highest BCUT2D eigenvalue weighted by molar-refractivity contribution is 5.66. The molecule has 1 aromatic carbocycles. The summed E-state index contributed by atoms with van der Waals surface area (Å²) < 4.78 is 0. The van der Waals surface area contributed by atoms with E-state index in [-0.39, 0.29) is 6.42 Å². The molecule has 2 rings (SSSR count). The van der Waals surface area contributed by atoms with Gasteiger partial charge in [0.2, 0.25) is 6.41 Å². The highest BCUT2D eigenvalue weighted by Gasteiger charge is 2.35. The Hall–Kier alpha value is -2.14. The van der Waals surface area contributed by atoms with Gasteiger partial charge in [0.05, 0.1) is 5.54 Å². The second kappa shape index (κ2) is 13.7. The maximum absolute atomic E-state index is 11.9. The number of carboxylic acid groups (broad SMARTS) is 1. The summed E-state index contributed by atoms with van der Waals surface area (Å²) in [6.45, 7) is 9.42. The Kier molecular flexibility index (Phi) is 11.3. The standard InChI is InChI=1S/C29H46N2O3/c1-6-23-19-26(17-16-24(23)15-14-22(2)3)29(4,30-5)27(25-11-8-7-9-12-25)20-31(21-32)18-10-13-28(33)34/h16-17,19-22,25,30H,6-15,18H2,1-5H3,(H,33,34)/b27-20-. The van der Waals surface area contributed by atoms with Crippen LogP contribution in [0.1, 0.15) is 95.8 Å². The van der Waals surface area contributed by atoms with Crippen molar-refractivity contribution in [2.45, 2.75) is 97.4 Å². The first kappa shape index (κ1) is 28.1. The van der Waals surface area contributed by atoms with Crippen LogP contribution >= 0.6 is 0 Å². The Bertz CT molecular complexity index is 827. The maximum Gasteiger partial charge on any atom is 0.303 e. The first-order valence-corrected chi connectivity index (χ1v) is 13.2. The third kappa shape index (κ3) is 7.69. The van der Waals surface area contributed by atoms with Crippen LogP contribution in [0.25, 0.3) is 0 Å². The van der Waals surface area contributed by atoms with Crippen molar-refractivity contribution in [1.29, 1.82) is 0 Å². The lowest BCUT2D eigenvalue weighted by Crippen LogP contribution is -2.42. The van der Waals surface area contributed by atoms with Crippen molar-refractivity contribution in [3.05, 3.63) is 46.7 Å². The van der Waals surface area contributed by atoms with Gasteiger partial charge >= 0.3 is 5.97 Å². The van der Waals surface area contributed by atoms with Crippen LogP contribution in [-0.4, -0.2) is 36.0 Å². The van der Waals surface area contributed by atoms with Gasteiger partial charge in [-0.1, -0.05) is 58.2 Å². The molecule has 1 saturated carbocycles. The number of rotatable bonds is 14. The van der Waals surface area contributed by atoms with Crippen LogP contribution in [0.5, 0.6) is 0 Å². The molecule has 2 N–H and O–H groups in total. The molecule has 1 aromatic rings. The number of hydrogen-bond acceptors (Lipinski definition) is 3. The van der Waals surface area contributed by atoms with Crippen molar-refractivity contribution in [2.24, 2.45) is 11.8 Å². The minimum absolute atomic E-state index is 0.0674. The number of hydrogen-bond donors (Lipinski definition) is 2. The van der Waals surface area contributed by atoms with Crippen LogP contribution < -0.4 is 5.32 Å². The highest BCUT2D eigenvalue weighted by atomic mass is 16.4. The minimum atomic E-state index is -0.827. The highest BCUT2D eigenvalue weighted by Crippen LogP contribution is 2.41. The molecule has 1 aliphatic carbocycles. The Morgan fingerprint density at radius 1 is 1.24 bits per heavy atom. The topological polar surface area (TPSA) is 69.6 Å². The lowest BCUT2D eigenvalue weighted by molar-refractivity contribution is -0.137. The van der Waals surface area contributed by atoms with Crippen LogP contribution in [-0.2, 0) is 28.0 Å². The molecular formula is C29H46N2O3. The summed E-state index contributed by atoms with van der Waals surface area (Å²) in [5.41, 5.74) is 4.89. The molecule has 0 aliphatic heterocycles. The largest absolute Gasteiger partial charge is 0.481 e. The summed E-state index contributed by atoms with van der Waals surface area (Å²) in [6, 6.07) is 6.92. The molecule has 0 bridgehead atoms. The molecule has 1 aliphatic rings. The summed E-state index contributed by atoms with van der Waals surface area (Å²) in [7, 11) is 2.00. The van der Waals surface area contributed by atoms with E-state index in [4.69, 9.17) is 5.11 Å². The van der Waals surface area contributed by atoms with Gasteiger partial charge in [0.1, 0.15) is 0 Å².